The van der Waals surface area contributed by atoms with E-state index in [4.69, 9.17) is 5.11 Å². The van der Waals surface area contributed by atoms with Crippen molar-refractivity contribution >= 4 is 17.8 Å². The van der Waals surface area contributed by atoms with Crippen molar-refractivity contribution in [3.8, 4) is 0 Å². The number of nitrogens with one attached hydrogen (secondary N) is 2. The van der Waals surface area contributed by atoms with Crippen molar-refractivity contribution in [2.75, 3.05) is 12.9 Å². The SMILES string of the molecule is CSC(CO)C(C)NC(=O)NCc1ccc(C(F)(F)F)cc1. The molecule has 0 spiro atoms. The molecule has 0 aliphatic carbocycles. The predicted octanol–water partition coefficient (Wildman–Crippen LogP) is 2.62. The van der Waals surface area contributed by atoms with Crippen LogP contribution in [0.2, 0.25) is 0 Å². The fourth-order valence-electron chi connectivity index (χ4n) is 1.78. The van der Waals surface area contributed by atoms with Crippen molar-refractivity contribution in [1.29, 1.82) is 0 Å². The number of alkyl halides is 3. The molecule has 2 amide bonds. The largest absolute Gasteiger partial charge is 0.416 e. The monoisotopic (exact) mass is 336 g/mol. The molecule has 0 heterocycles. The van der Waals surface area contributed by atoms with E-state index in [0.717, 1.165) is 12.1 Å². The molecule has 1 rings (SSSR count). The molecule has 124 valence electrons. The summed E-state index contributed by atoms with van der Waals surface area (Å²) in [5.41, 5.74) is -0.153. The van der Waals surface area contributed by atoms with Gasteiger partial charge in [-0.15, -0.1) is 0 Å². The van der Waals surface area contributed by atoms with Crippen LogP contribution in [-0.4, -0.2) is 35.3 Å². The highest BCUT2D eigenvalue weighted by molar-refractivity contribution is 7.99. The highest BCUT2D eigenvalue weighted by atomic mass is 32.2. The van der Waals surface area contributed by atoms with Gasteiger partial charge in [0.05, 0.1) is 12.2 Å². The zero-order valence-electron chi connectivity index (χ0n) is 12.3. The lowest BCUT2D eigenvalue weighted by Gasteiger charge is -2.21. The molecule has 0 radical (unpaired) electrons. The number of amides is 2. The molecular weight excluding hydrogens is 317 g/mol. The third-order valence-electron chi connectivity index (χ3n) is 3.13. The number of hydrogen-bond acceptors (Lipinski definition) is 3. The summed E-state index contributed by atoms with van der Waals surface area (Å²) in [5, 5.41) is 14.3. The first-order chi connectivity index (χ1) is 10.3. The van der Waals surface area contributed by atoms with Gasteiger partial charge in [0.1, 0.15) is 0 Å². The topological polar surface area (TPSA) is 61.4 Å². The fourth-order valence-corrected chi connectivity index (χ4v) is 2.41. The Balaban J connectivity index is 2.47. The summed E-state index contributed by atoms with van der Waals surface area (Å²) in [6, 6.07) is 3.95. The average Bonchev–Trinajstić information content (AvgIpc) is 2.46. The van der Waals surface area contributed by atoms with E-state index >= 15 is 0 Å². The highest BCUT2D eigenvalue weighted by Gasteiger charge is 2.29. The van der Waals surface area contributed by atoms with Crippen molar-refractivity contribution < 1.29 is 23.1 Å². The second-order valence-corrected chi connectivity index (χ2v) is 5.84. The molecule has 0 saturated carbocycles. The van der Waals surface area contributed by atoms with Gasteiger partial charge in [-0.2, -0.15) is 24.9 Å². The van der Waals surface area contributed by atoms with Crippen LogP contribution in [0.4, 0.5) is 18.0 Å². The summed E-state index contributed by atoms with van der Waals surface area (Å²) < 4.78 is 37.3. The zero-order chi connectivity index (χ0) is 16.8. The molecule has 2 atom stereocenters. The van der Waals surface area contributed by atoms with Gasteiger partial charge < -0.3 is 15.7 Å². The van der Waals surface area contributed by atoms with Gasteiger partial charge in [0.15, 0.2) is 0 Å². The van der Waals surface area contributed by atoms with E-state index in [0.29, 0.717) is 5.56 Å². The van der Waals surface area contributed by atoms with Crippen LogP contribution < -0.4 is 10.6 Å². The number of urea groups is 1. The smallest absolute Gasteiger partial charge is 0.395 e. The molecule has 1 aromatic rings. The maximum atomic E-state index is 12.4. The molecule has 4 nitrogen and oxygen atoms in total. The number of halogens is 3. The number of rotatable bonds is 6. The summed E-state index contributed by atoms with van der Waals surface area (Å²) in [4.78, 5) is 11.7. The lowest BCUT2D eigenvalue weighted by Crippen LogP contribution is -2.45. The van der Waals surface area contributed by atoms with Gasteiger partial charge in [-0.3, -0.25) is 0 Å². The Morgan fingerprint density at radius 1 is 1.32 bits per heavy atom. The first-order valence-corrected chi connectivity index (χ1v) is 7.91. The summed E-state index contributed by atoms with van der Waals surface area (Å²) in [6.45, 7) is 1.84. The summed E-state index contributed by atoms with van der Waals surface area (Å²) >= 11 is 1.44. The maximum Gasteiger partial charge on any atom is 0.416 e. The minimum atomic E-state index is -4.37. The van der Waals surface area contributed by atoms with Crippen LogP contribution in [0.25, 0.3) is 0 Å². The molecule has 0 bridgehead atoms. The molecular formula is C14H19F3N2O2S. The lowest BCUT2D eigenvalue weighted by molar-refractivity contribution is -0.137. The molecule has 8 heteroatoms. The van der Waals surface area contributed by atoms with Crippen LogP contribution in [0.5, 0.6) is 0 Å². The van der Waals surface area contributed by atoms with E-state index in [2.05, 4.69) is 10.6 Å². The fraction of sp³-hybridized carbons (Fsp3) is 0.500. The zero-order valence-corrected chi connectivity index (χ0v) is 13.1. The number of carbonyl (C=O) groups excluding carboxylic acids is 1. The number of aliphatic hydroxyl groups excluding tert-OH is 1. The number of benzene rings is 1. The third kappa shape index (κ3) is 5.76. The number of carbonyl (C=O) groups is 1. The standard InChI is InChI=1S/C14H19F3N2O2S/c1-9(12(8-20)22-2)19-13(21)18-7-10-3-5-11(6-4-10)14(15,16)17/h3-6,9,12,20H,7-8H2,1-2H3,(H2,18,19,21). The molecule has 0 aliphatic heterocycles. The number of thioether (sulfide) groups is 1. The van der Waals surface area contributed by atoms with Gasteiger partial charge in [-0.25, -0.2) is 4.79 Å². The minimum absolute atomic E-state index is 0.0540. The lowest BCUT2D eigenvalue weighted by atomic mass is 10.1. The van der Waals surface area contributed by atoms with E-state index < -0.39 is 17.8 Å². The molecule has 0 aromatic heterocycles. The van der Waals surface area contributed by atoms with Gasteiger partial charge in [-0.05, 0) is 30.9 Å². The van der Waals surface area contributed by atoms with Gasteiger partial charge >= 0.3 is 12.2 Å². The first kappa shape index (κ1) is 18.6. The minimum Gasteiger partial charge on any atom is -0.395 e. The Morgan fingerprint density at radius 3 is 2.36 bits per heavy atom. The van der Waals surface area contributed by atoms with Crippen LogP contribution in [0.3, 0.4) is 0 Å². The van der Waals surface area contributed by atoms with E-state index in [1.165, 1.54) is 23.9 Å². The third-order valence-corrected chi connectivity index (χ3v) is 4.30. The molecule has 3 N–H and O–H groups in total. The highest BCUT2D eigenvalue weighted by Crippen LogP contribution is 2.29. The van der Waals surface area contributed by atoms with Crippen molar-refractivity contribution in [2.45, 2.75) is 30.9 Å². The summed E-state index contributed by atoms with van der Waals surface area (Å²) in [5.74, 6) is 0. The molecule has 2 unspecified atom stereocenters. The number of aliphatic hydroxyl groups is 1. The van der Waals surface area contributed by atoms with Crippen molar-refractivity contribution in [2.24, 2.45) is 0 Å². The molecule has 1 aromatic carbocycles. The van der Waals surface area contributed by atoms with Crippen LogP contribution in [0.1, 0.15) is 18.1 Å². The Labute approximate surface area is 131 Å². The summed E-state index contributed by atoms with van der Waals surface area (Å²) in [6.07, 6.45) is -2.53. The van der Waals surface area contributed by atoms with Crippen molar-refractivity contribution in [1.82, 2.24) is 10.6 Å². The predicted molar refractivity (Wildman–Crippen MR) is 80.7 cm³/mol. The maximum absolute atomic E-state index is 12.4. The second kappa shape index (κ2) is 8.28. The van der Waals surface area contributed by atoms with Crippen LogP contribution in [0, 0.1) is 0 Å². The van der Waals surface area contributed by atoms with Gasteiger partial charge in [0.25, 0.3) is 0 Å². The first-order valence-electron chi connectivity index (χ1n) is 6.62. The Hall–Kier alpha value is -1.41. The Bertz CT molecular complexity index is 476. The van der Waals surface area contributed by atoms with E-state index in [1.54, 1.807) is 6.92 Å². The van der Waals surface area contributed by atoms with Crippen molar-refractivity contribution in [3.63, 3.8) is 0 Å². The molecule has 0 fully saturated rings. The normalized spacial score (nSPS) is 14.3. The van der Waals surface area contributed by atoms with Gasteiger partial charge in [0, 0.05) is 17.8 Å². The molecule has 22 heavy (non-hydrogen) atoms. The van der Waals surface area contributed by atoms with E-state index in [-0.39, 0.29) is 24.4 Å². The number of hydrogen-bond donors (Lipinski definition) is 3. The van der Waals surface area contributed by atoms with Crippen LogP contribution in [0.15, 0.2) is 24.3 Å². The summed E-state index contributed by atoms with van der Waals surface area (Å²) in [7, 11) is 0. The molecule has 0 aliphatic rings. The van der Waals surface area contributed by atoms with Crippen LogP contribution >= 0.6 is 11.8 Å². The quantitative estimate of drug-likeness (QED) is 0.748. The second-order valence-electron chi connectivity index (χ2n) is 4.77. The van der Waals surface area contributed by atoms with E-state index in [9.17, 15) is 18.0 Å². The van der Waals surface area contributed by atoms with Gasteiger partial charge in [-0.1, -0.05) is 12.1 Å². The Kier molecular flexibility index (Phi) is 7.02. The average molecular weight is 336 g/mol. The molecule has 0 saturated heterocycles. The Morgan fingerprint density at radius 2 is 1.91 bits per heavy atom. The van der Waals surface area contributed by atoms with Gasteiger partial charge in [0.2, 0.25) is 0 Å². The van der Waals surface area contributed by atoms with E-state index in [1.807, 2.05) is 6.26 Å². The van der Waals surface area contributed by atoms with Crippen LogP contribution in [-0.2, 0) is 12.7 Å². The van der Waals surface area contributed by atoms with Crippen molar-refractivity contribution in [3.05, 3.63) is 35.4 Å².